The van der Waals surface area contributed by atoms with Gasteiger partial charge in [-0.2, -0.15) is 0 Å². The average Bonchev–Trinajstić information content (AvgIpc) is 2.43. The molecule has 5 heteroatoms. The SMILES string of the molecule is Oc1cccc(-c2ccc(OCC3CC(F)(F)C3)nc2)c1. The van der Waals surface area contributed by atoms with Gasteiger partial charge in [-0.1, -0.05) is 12.1 Å². The van der Waals surface area contributed by atoms with E-state index in [2.05, 4.69) is 4.98 Å². The molecule has 3 rings (SSSR count). The van der Waals surface area contributed by atoms with Crippen LogP contribution < -0.4 is 4.74 Å². The van der Waals surface area contributed by atoms with Gasteiger partial charge in [0.2, 0.25) is 11.8 Å². The van der Waals surface area contributed by atoms with Crippen LogP contribution in [-0.2, 0) is 0 Å². The van der Waals surface area contributed by atoms with Crippen molar-refractivity contribution >= 4 is 0 Å². The first-order valence-corrected chi connectivity index (χ1v) is 6.78. The summed E-state index contributed by atoms with van der Waals surface area (Å²) in [5, 5.41) is 9.44. The van der Waals surface area contributed by atoms with Crippen LogP contribution in [0.25, 0.3) is 11.1 Å². The average molecular weight is 291 g/mol. The quantitative estimate of drug-likeness (QED) is 0.929. The number of alkyl halides is 2. The van der Waals surface area contributed by atoms with Gasteiger partial charge in [-0.3, -0.25) is 0 Å². The minimum Gasteiger partial charge on any atom is -0.508 e. The molecule has 0 amide bonds. The van der Waals surface area contributed by atoms with E-state index in [1.54, 1.807) is 30.5 Å². The molecule has 0 atom stereocenters. The van der Waals surface area contributed by atoms with Crippen molar-refractivity contribution in [1.82, 2.24) is 4.98 Å². The normalized spacial score (nSPS) is 17.2. The lowest BCUT2D eigenvalue weighted by molar-refractivity contribution is -0.119. The summed E-state index contributed by atoms with van der Waals surface area (Å²) in [5.41, 5.74) is 1.71. The summed E-state index contributed by atoms with van der Waals surface area (Å²) in [6.07, 6.45) is 1.43. The topological polar surface area (TPSA) is 42.4 Å². The third-order valence-corrected chi connectivity index (χ3v) is 3.56. The summed E-state index contributed by atoms with van der Waals surface area (Å²) in [7, 11) is 0. The number of nitrogens with zero attached hydrogens (tertiary/aromatic N) is 1. The minimum absolute atomic E-state index is 0.0902. The molecule has 0 unspecified atom stereocenters. The molecule has 0 saturated heterocycles. The van der Waals surface area contributed by atoms with Gasteiger partial charge in [0.15, 0.2) is 0 Å². The van der Waals surface area contributed by atoms with E-state index in [1.807, 2.05) is 12.1 Å². The monoisotopic (exact) mass is 291 g/mol. The van der Waals surface area contributed by atoms with Crippen LogP contribution in [0, 0.1) is 5.92 Å². The number of aromatic hydroxyl groups is 1. The molecule has 1 heterocycles. The second-order valence-electron chi connectivity index (χ2n) is 5.38. The number of phenolic OH excluding ortho intramolecular Hbond substituents is 1. The maximum absolute atomic E-state index is 12.7. The zero-order chi connectivity index (χ0) is 14.9. The number of benzene rings is 1. The van der Waals surface area contributed by atoms with E-state index < -0.39 is 5.92 Å². The molecule has 3 nitrogen and oxygen atoms in total. The molecule has 0 bridgehead atoms. The molecule has 1 fully saturated rings. The van der Waals surface area contributed by atoms with Gasteiger partial charge in [0.1, 0.15) is 5.75 Å². The molecule has 110 valence electrons. The van der Waals surface area contributed by atoms with Crippen LogP contribution in [0.2, 0.25) is 0 Å². The second kappa shape index (κ2) is 5.31. The predicted octanol–water partition coefficient (Wildman–Crippen LogP) is 3.88. The maximum atomic E-state index is 12.7. The van der Waals surface area contributed by atoms with E-state index in [0.717, 1.165) is 11.1 Å². The third kappa shape index (κ3) is 3.29. The number of phenols is 1. The highest BCUT2D eigenvalue weighted by Gasteiger charge is 2.45. The van der Waals surface area contributed by atoms with Crippen molar-refractivity contribution in [2.75, 3.05) is 6.61 Å². The number of aromatic nitrogens is 1. The predicted molar refractivity (Wildman–Crippen MR) is 74.5 cm³/mol. The highest BCUT2D eigenvalue weighted by Crippen LogP contribution is 2.42. The third-order valence-electron chi connectivity index (χ3n) is 3.56. The molecule has 1 aromatic carbocycles. The number of halogens is 2. The molecular formula is C16H15F2NO2. The first-order chi connectivity index (χ1) is 10.0. The van der Waals surface area contributed by atoms with Crippen molar-refractivity contribution in [3.05, 3.63) is 42.6 Å². The molecule has 1 aliphatic carbocycles. The van der Waals surface area contributed by atoms with Crippen LogP contribution >= 0.6 is 0 Å². The largest absolute Gasteiger partial charge is 0.508 e. The Kier molecular flexibility index (Phi) is 3.49. The molecule has 2 aromatic rings. The van der Waals surface area contributed by atoms with Crippen LogP contribution in [0.15, 0.2) is 42.6 Å². The van der Waals surface area contributed by atoms with Gasteiger partial charge < -0.3 is 9.84 Å². The Morgan fingerprint density at radius 3 is 2.62 bits per heavy atom. The molecule has 1 saturated carbocycles. The Balaban J connectivity index is 1.59. The van der Waals surface area contributed by atoms with Crippen LogP contribution in [0.3, 0.4) is 0 Å². The Labute approximate surface area is 121 Å². The number of hydrogen-bond donors (Lipinski definition) is 1. The van der Waals surface area contributed by atoms with E-state index in [1.165, 1.54) is 0 Å². The number of rotatable bonds is 4. The van der Waals surface area contributed by atoms with Crippen LogP contribution in [0.1, 0.15) is 12.8 Å². The first kappa shape index (κ1) is 13.8. The van der Waals surface area contributed by atoms with E-state index in [4.69, 9.17) is 4.74 Å². The summed E-state index contributed by atoms with van der Waals surface area (Å²) in [6, 6.07) is 10.4. The molecule has 1 aliphatic rings. The fraction of sp³-hybridized carbons (Fsp3) is 0.312. The zero-order valence-electron chi connectivity index (χ0n) is 11.3. The first-order valence-electron chi connectivity index (χ1n) is 6.78. The van der Waals surface area contributed by atoms with Crippen molar-refractivity contribution in [3.63, 3.8) is 0 Å². The van der Waals surface area contributed by atoms with Crippen molar-refractivity contribution in [2.45, 2.75) is 18.8 Å². The lowest BCUT2D eigenvalue weighted by Gasteiger charge is -2.34. The van der Waals surface area contributed by atoms with Crippen LogP contribution in [-0.4, -0.2) is 22.6 Å². The molecule has 0 aliphatic heterocycles. The Bertz CT molecular complexity index is 620. The van der Waals surface area contributed by atoms with E-state index in [0.29, 0.717) is 5.88 Å². The fourth-order valence-electron chi connectivity index (χ4n) is 2.43. The highest BCUT2D eigenvalue weighted by atomic mass is 19.3. The van der Waals surface area contributed by atoms with Crippen molar-refractivity contribution < 1.29 is 18.6 Å². The molecule has 1 aromatic heterocycles. The van der Waals surface area contributed by atoms with Crippen molar-refractivity contribution in [1.29, 1.82) is 0 Å². The summed E-state index contributed by atoms with van der Waals surface area (Å²) >= 11 is 0. The molecular weight excluding hydrogens is 276 g/mol. The lowest BCUT2D eigenvalue weighted by atomic mass is 9.82. The lowest BCUT2D eigenvalue weighted by Crippen LogP contribution is -2.38. The Morgan fingerprint density at radius 2 is 2.00 bits per heavy atom. The van der Waals surface area contributed by atoms with Crippen molar-refractivity contribution in [2.24, 2.45) is 5.92 Å². The van der Waals surface area contributed by atoms with E-state index in [9.17, 15) is 13.9 Å². The van der Waals surface area contributed by atoms with Gasteiger partial charge in [0, 0.05) is 36.6 Å². The molecule has 1 N–H and O–H groups in total. The number of hydrogen-bond acceptors (Lipinski definition) is 3. The standard InChI is InChI=1S/C16H15F2NO2/c17-16(18)7-11(8-16)10-21-15-5-4-13(9-19-15)12-2-1-3-14(20)6-12/h1-6,9,11,20H,7-8,10H2. The summed E-state index contributed by atoms with van der Waals surface area (Å²) in [4.78, 5) is 4.16. The smallest absolute Gasteiger partial charge is 0.248 e. The summed E-state index contributed by atoms with van der Waals surface area (Å²) in [5.74, 6) is -1.99. The Morgan fingerprint density at radius 1 is 1.19 bits per heavy atom. The van der Waals surface area contributed by atoms with Gasteiger partial charge >= 0.3 is 0 Å². The second-order valence-corrected chi connectivity index (χ2v) is 5.38. The van der Waals surface area contributed by atoms with Crippen LogP contribution in [0.5, 0.6) is 11.6 Å². The van der Waals surface area contributed by atoms with Gasteiger partial charge in [0.05, 0.1) is 6.61 Å². The summed E-state index contributed by atoms with van der Waals surface area (Å²) in [6.45, 7) is 0.272. The molecule has 21 heavy (non-hydrogen) atoms. The van der Waals surface area contributed by atoms with Gasteiger partial charge in [-0.25, -0.2) is 13.8 Å². The molecule has 0 spiro atoms. The number of pyridine rings is 1. The maximum Gasteiger partial charge on any atom is 0.248 e. The van der Waals surface area contributed by atoms with Crippen molar-refractivity contribution in [3.8, 4) is 22.8 Å². The minimum atomic E-state index is -2.51. The van der Waals surface area contributed by atoms with Gasteiger partial charge in [-0.15, -0.1) is 0 Å². The Hall–Kier alpha value is -2.17. The van der Waals surface area contributed by atoms with E-state index in [-0.39, 0.29) is 31.1 Å². The molecule has 0 radical (unpaired) electrons. The van der Waals surface area contributed by atoms with Gasteiger partial charge in [0.25, 0.3) is 0 Å². The van der Waals surface area contributed by atoms with E-state index >= 15 is 0 Å². The number of ether oxygens (including phenoxy) is 1. The van der Waals surface area contributed by atoms with Gasteiger partial charge in [-0.05, 0) is 23.8 Å². The highest BCUT2D eigenvalue weighted by molar-refractivity contribution is 5.64. The zero-order valence-corrected chi connectivity index (χ0v) is 11.3. The van der Waals surface area contributed by atoms with Crippen LogP contribution in [0.4, 0.5) is 8.78 Å². The fourth-order valence-corrected chi connectivity index (χ4v) is 2.43. The summed E-state index contributed by atoms with van der Waals surface area (Å²) < 4.78 is 30.8.